The fourth-order valence-corrected chi connectivity index (χ4v) is 3.39. The van der Waals surface area contributed by atoms with E-state index in [0.29, 0.717) is 18.1 Å². The van der Waals surface area contributed by atoms with Crippen molar-refractivity contribution in [3.63, 3.8) is 0 Å². The topological polar surface area (TPSA) is 26.3 Å². The first-order valence-electron chi connectivity index (χ1n) is 8.58. The van der Waals surface area contributed by atoms with E-state index in [4.69, 9.17) is 4.74 Å². The number of hydrogen-bond acceptors (Lipinski definition) is 2. The molecule has 2 fully saturated rings. The lowest BCUT2D eigenvalue weighted by atomic mass is 9.79. The highest BCUT2D eigenvalue weighted by Gasteiger charge is 2.30. The van der Waals surface area contributed by atoms with Gasteiger partial charge in [0.15, 0.2) is 5.78 Å². The van der Waals surface area contributed by atoms with Crippen molar-refractivity contribution in [2.24, 2.45) is 17.3 Å². The Bertz CT molecular complexity index is 306. The van der Waals surface area contributed by atoms with Gasteiger partial charge >= 0.3 is 0 Å². The van der Waals surface area contributed by atoms with Crippen molar-refractivity contribution in [1.29, 1.82) is 0 Å². The van der Waals surface area contributed by atoms with Gasteiger partial charge in [-0.25, -0.2) is 0 Å². The molecule has 20 heavy (non-hydrogen) atoms. The van der Waals surface area contributed by atoms with Crippen molar-refractivity contribution in [2.45, 2.75) is 84.7 Å². The van der Waals surface area contributed by atoms with Crippen molar-refractivity contribution >= 4 is 5.78 Å². The van der Waals surface area contributed by atoms with E-state index in [1.54, 1.807) is 0 Å². The molecule has 2 aliphatic rings. The van der Waals surface area contributed by atoms with E-state index in [9.17, 15) is 4.79 Å². The molecule has 0 heterocycles. The zero-order chi connectivity index (χ0) is 14.6. The monoisotopic (exact) mass is 280 g/mol. The zero-order valence-corrected chi connectivity index (χ0v) is 13.6. The number of Topliss-reactive ketones (excluding diaryl/α,β-unsaturated/α-hetero) is 1. The number of ketones is 1. The molecule has 2 saturated carbocycles. The van der Waals surface area contributed by atoms with Gasteiger partial charge in [-0.05, 0) is 36.5 Å². The first-order chi connectivity index (χ1) is 9.44. The van der Waals surface area contributed by atoms with E-state index in [1.165, 1.54) is 44.9 Å². The van der Waals surface area contributed by atoms with E-state index in [1.807, 2.05) is 0 Å². The second kappa shape index (κ2) is 7.06. The highest BCUT2D eigenvalue weighted by Crippen LogP contribution is 2.33. The fourth-order valence-electron chi connectivity index (χ4n) is 3.39. The van der Waals surface area contributed by atoms with Crippen LogP contribution in [0.25, 0.3) is 0 Å². The minimum atomic E-state index is -0.125. The summed E-state index contributed by atoms with van der Waals surface area (Å²) in [6.45, 7) is 7.24. The summed E-state index contributed by atoms with van der Waals surface area (Å²) >= 11 is 0. The van der Waals surface area contributed by atoms with Gasteiger partial charge in [-0.15, -0.1) is 0 Å². The van der Waals surface area contributed by atoms with Crippen LogP contribution in [-0.4, -0.2) is 18.5 Å². The average Bonchev–Trinajstić information content (AvgIpc) is 2.77. The van der Waals surface area contributed by atoms with Gasteiger partial charge in [-0.2, -0.15) is 0 Å². The summed E-state index contributed by atoms with van der Waals surface area (Å²) in [6, 6.07) is 0. The maximum Gasteiger partial charge on any atom is 0.162 e. The number of rotatable bonds is 7. The Morgan fingerprint density at radius 3 is 2.15 bits per heavy atom. The number of hydrogen-bond donors (Lipinski definition) is 0. The summed E-state index contributed by atoms with van der Waals surface area (Å²) in [4.78, 5) is 12.5. The standard InChI is InChI=1S/C18H32O2/c1-18(2,3)12-16(19)17(11-14-9-6-10-14)20-13-15-7-4-5-8-15/h14-15,17H,4-13H2,1-3H3. The van der Waals surface area contributed by atoms with Crippen LogP contribution in [0.1, 0.15) is 78.6 Å². The predicted octanol–water partition coefficient (Wildman–Crippen LogP) is 4.76. The van der Waals surface area contributed by atoms with Crippen LogP contribution in [0, 0.1) is 17.3 Å². The predicted molar refractivity (Wildman–Crippen MR) is 82.7 cm³/mol. The summed E-state index contributed by atoms with van der Waals surface area (Å²) in [5.41, 5.74) is 0.0751. The van der Waals surface area contributed by atoms with Gasteiger partial charge in [0.05, 0.1) is 6.61 Å². The van der Waals surface area contributed by atoms with Gasteiger partial charge in [-0.3, -0.25) is 4.79 Å². The molecule has 0 bridgehead atoms. The van der Waals surface area contributed by atoms with Crippen molar-refractivity contribution in [1.82, 2.24) is 0 Å². The smallest absolute Gasteiger partial charge is 0.162 e. The molecule has 2 aliphatic carbocycles. The summed E-state index contributed by atoms with van der Waals surface area (Å²) < 4.78 is 6.09. The molecule has 2 heteroatoms. The van der Waals surface area contributed by atoms with Crippen molar-refractivity contribution in [2.75, 3.05) is 6.61 Å². The molecule has 0 saturated heterocycles. The minimum absolute atomic E-state index is 0.0751. The maximum atomic E-state index is 12.5. The molecule has 0 aromatic rings. The van der Waals surface area contributed by atoms with Gasteiger partial charge in [0.1, 0.15) is 6.10 Å². The first kappa shape index (κ1) is 16.0. The zero-order valence-electron chi connectivity index (χ0n) is 13.6. The summed E-state index contributed by atoms with van der Waals surface area (Å²) in [6.07, 6.45) is 10.7. The average molecular weight is 280 g/mol. The van der Waals surface area contributed by atoms with E-state index in [-0.39, 0.29) is 11.5 Å². The van der Waals surface area contributed by atoms with Crippen LogP contribution in [0.2, 0.25) is 0 Å². The normalized spacial score (nSPS) is 22.8. The van der Waals surface area contributed by atoms with E-state index in [0.717, 1.165) is 18.9 Å². The highest BCUT2D eigenvalue weighted by molar-refractivity contribution is 5.83. The first-order valence-corrected chi connectivity index (χ1v) is 8.58. The molecular formula is C18H32O2. The van der Waals surface area contributed by atoms with Crippen LogP contribution in [0.15, 0.2) is 0 Å². The van der Waals surface area contributed by atoms with Crippen LogP contribution in [-0.2, 0) is 9.53 Å². The number of carbonyl (C=O) groups is 1. The van der Waals surface area contributed by atoms with Crippen molar-refractivity contribution in [3.8, 4) is 0 Å². The molecule has 0 spiro atoms. The van der Waals surface area contributed by atoms with Gasteiger partial charge in [-0.1, -0.05) is 52.9 Å². The Morgan fingerprint density at radius 2 is 1.65 bits per heavy atom. The summed E-state index contributed by atoms with van der Waals surface area (Å²) in [7, 11) is 0. The molecule has 0 radical (unpaired) electrons. The third-order valence-electron chi connectivity index (χ3n) is 4.84. The second-order valence-electron chi connectivity index (χ2n) is 8.21. The Kier molecular flexibility index (Phi) is 5.65. The van der Waals surface area contributed by atoms with Gasteiger partial charge in [0, 0.05) is 6.42 Å². The van der Waals surface area contributed by atoms with Crippen LogP contribution < -0.4 is 0 Å². The Hall–Kier alpha value is -0.370. The Balaban J connectivity index is 1.83. The molecule has 1 unspecified atom stereocenters. The van der Waals surface area contributed by atoms with E-state index < -0.39 is 0 Å². The maximum absolute atomic E-state index is 12.5. The molecule has 116 valence electrons. The van der Waals surface area contributed by atoms with E-state index in [2.05, 4.69) is 20.8 Å². The lowest BCUT2D eigenvalue weighted by Gasteiger charge is -2.31. The van der Waals surface area contributed by atoms with Crippen LogP contribution in [0.4, 0.5) is 0 Å². The number of carbonyl (C=O) groups excluding carboxylic acids is 1. The van der Waals surface area contributed by atoms with Gasteiger partial charge in [0.25, 0.3) is 0 Å². The molecule has 2 nitrogen and oxygen atoms in total. The molecule has 0 N–H and O–H groups in total. The number of ether oxygens (including phenoxy) is 1. The lowest BCUT2D eigenvalue weighted by molar-refractivity contribution is -0.135. The molecule has 0 amide bonds. The SMILES string of the molecule is CC(C)(C)CC(=O)C(CC1CCC1)OCC1CCCC1. The minimum Gasteiger partial charge on any atom is -0.370 e. The highest BCUT2D eigenvalue weighted by atomic mass is 16.5. The van der Waals surface area contributed by atoms with Gasteiger partial charge < -0.3 is 4.74 Å². The molecule has 1 atom stereocenters. The third-order valence-corrected chi connectivity index (χ3v) is 4.84. The lowest BCUT2D eigenvalue weighted by Crippen LogP contribution is -2.33. The molecule has 0 aromatic heterocycles. The van der Waals surface area contributed by atoms with Crippen molar-refractivity contribution < 1.29 is 9.53 Å². The van der Waals surface area contributed by atoms with Crippen LogP contribution in [0.3, 0.4) is 0 Å². The summed E-state index contributed by atoms with van der Waals surface area (Å²) in [5.74, 6) is 1.79. The van der Waals surface area contributed by atoms with Crippen molar-refractivity contribution in [3.05, 3.63) is 0 Å². The van der Waals surface area contributed by atoms with E-state index >= 15 is 0 Å². The quantitative estimate of drug-likeness (QED) is 0.672. The molecular weight excluding hydrogens is 248 g/mol. The molecule has 0 aliphatic heterocycles. The molecule has 0 aromatic carbocycles. The molecule has 2 rings (SSSR count). The largest absolute Gasteiger partial charge is 0.370 e. The van der Waals surface area contributed by atoms with Crippen LogP contribution in [0.5, 0.6) is 0 Å². The Labute approximate surface area is 124 Å². The second-order valence-corrected chi connectivity index (χ2v) is 8.21. The third kappa shape index (κ3) is 5.20. The van der Waals surface area contributed by atoms with Crippen LogP contribution >= 0.6 is 0 Å². The summed E-state index contributed by atoms with van der Waals surface area (Å²) in [5, 5.41) is 0. The Morgan fingerprint density at radius 1 is 1.05 bits per heavy atom. The van der Waals surface area contributed by atoms with Gasteiger partial charge in [0.2, 0.25) is 0 Å². The fraction of sp³-hybridized carbons (Fsp3) is 0.944.